The second-order valence-corrected chi connectivity index (χ2v) is 6.07. The van der Waals surface area contributed by atoms with Gasteiger partial charge in [0, 0.05) is 40.6 Å². The van der Waals surface area contributed by atoms with Gasteiger partial charge >= 0.3 is 0 Å². The minimum atomic E-state index is -0.330. The molecule has 0 fully saturated rings. The minimum absolute atomic E-state index is 0.330. The second-order valence-electron chi connectivity index (χ2n) is 5.16. The van der Waals surface area contributed by atoms with Gasteiger partial charge in [0.05, 0.1) is 5.52 Å². The van der Waals surface area contributed by atoms with Gasteiger partial charge in [-0.3, -0.25) is 4.98 Å². The predicted octanol–water partition coefficient (Wildman–Crippen LogP) is 4.37. The van der Waals surface area contributed by atoms with Crippen LogP contribution in [0.15, 0.2) is 59.5 Å². The SMILES string of the molecule is Fc1cc(Br)cn2c(Cc3ccc4ncccc4c3)cnc12. The number of hydrogen-bond acceptors (Lipinski definition) is 2. The highest BCUT2D eigenvalue weighted by Gasteiger charge is 2.10. The van der Waals surface area contributed by atoms with Gasteiger partial charge in [0.15, 0.2) is 11.5 Å². The van der Waals surface area contributed by atoms with Crippen LogP contribution in [0.3, 0.4) is 0 Å². The van der Waals surface area contributed by atoms with Crippen molar-refractivity contribution < 1.29 is 4.39 Å². The topological polar surface area (TPSA) is 30.2 Å². The second kappa shape index (κ2) is 5.18. The fourth-order valence-corrected chi connectivity index (χ4v) is 3.04. The van der Waals surface area contributed by atoms with Crippen molar-refractivity contribution in [1.29, 1.82) is 0 Å². The fraction of sp³-hybridized carbons (Fsp3) is 0.0588. The van der Waals surface area contributed by atoms with Gasteiger partial charge in [-0.2, -0.15) is 0 Å². The summed E-state index contributed by atoms with van der Waals surface area (Å²) in [7, 11) is 0. The molecule has 0 saturated carbocycles. The third-order valence-corrected chi connectivity index (χ3v) is 4.09. The monoisotopic (exact) mass is 355 g/mol. The van der Waals surface area contributed by atoms with E-state index in [1.54, 1.807) is 16.8 Å². The molecule has 0 amide bonds. The fourth-order valence-electron chi connectivity index (χ4n) is 2.64. The quantitative estimate of drug-likeness (QED) is 0.534. The summed E-state index contributed by atoms with van der Waals surface area (Å²) in [6, 6.07) is 11.5. The summed E-state index contributed by atoms with van der Waals surface area (Å²) in [5.41, 5.74) is 3.40. The summed E-state index contributed by atoms with van der Waals surface area (Å²) in [5.74, 6) is -0.330. The molecule has 0 bridgehead atoms. The summed E-state index contributed by atoms with van der Waals surface area (Å²) < 4.78 is 16.4. The number of imidazole rings is 1. The van der Waals surface area contributed by atoms with Crippen LogP contribution in [0.25, 0.3) is 16.6 Å². The van der Waals surface area contributed by atoms with Crippen LogP contribution in [-0.4, -0.2) is 14.4 Å². The number of fused-ring (bicyclic) bond motifs is 2. The molecular weight excluding hydrogens is 345 g/mol. The molecule has 5 heteroatoms. The maximum atomic E-state index is 13.9. The van der Waals surface area contributed by atoms with E-state index in [9.17, 15) is 4.39 Å². The Labute approximate surface area is 134 Å². The Morgan fingerprint density at radius 1 is 1.14 bits per heavy atom. The molecule has 0 spiro atoms. The van der Waals surface area contributed by atoms with E-state index in [1.807, 2.05) is 30.5 Å². The summed E-state index contributed by atoms with van der Waals surface area (Å²) in [4.78, 5) is 8.49. The third-order valence-electron chi connectivity index (χ3n) is 3.66. The Hall–Kier alpha value is -2.27. The van der Waals surface area contributed by atoms with Crippen molar-refractivity contribution in [3.8, 4) is 0 Å². The molecule has 108 valence electrons. The average molecular weight is 356 g/mol. The number of pyridine rings is 2. The molecule has 0 unspecified atom stereocenters. The first-order valence-electron chi connectivity index (χ1n) is 6.85. The Morgan fingerprint density at radius 3 is 2.95 bits per heavy atom. The molecule has 3 nitrogen and oxygen atoms in total. The van der Waals surface area contributed by atoms with E-state index in [1.165, 1.54) is 6.07 Å². The van der Waals surface area contributed by atoms with Crippen molar-refractivity contribution in [3.05, 3.63) is 76.5 Å². The van der Waals surface area contributed by atoms with E-state index in [2.05, 4.69) is 32.0 Å². The molecule has 0 aliphatic heterocycles. The molecule has 0 aliphatic carbocycles. The lowest BCUT2D eigenvalue weighted by molar-refractivity contribution is 0.628. The first kappa shape index (κ1) is 13.4. The van der Waals surface area contributed by atoms with Crippen LogP contribution in [0, 0.1) is 5.82 Å². The molecule has 0 radical (unpaired) electrons. The molecule has 4 aromatic rings. The van der Waals surface area contributed by atoms with Crippen LogP contribution in [0.1, 0.15) is 11.3 Å². The summed E-state index contributed by atoms with van der Waals surface area (Å²) in [5, 5.41) is 1.10. The molecule has 0 N–H and O–H groups in total. The van der Waals surface area contributed by atoms with Crippen molar-refractivity contribution in [3.63, 3.8) is 0 Å². The van der Waals surface area contributed by atoms with Crippen molar-refractivity contribution in [2.75, 3.05) is 0 Å². The summed E-state index contributed by atoms with van der Waals surface area (Å²) in [6.07, 6.45) is 6.02. The Balaban J connectivity index is 1.79. The predicted molar refractivity (Wildman–Crippen MR) is 87.4 cm³/mol. The standard InChI is InChI=1S/C17H11BrFN3/c18-13-8-15(19)17-21-9-14(22(17)10-13)7-11-3-4-16-12(6-11)2-1-5-20-16/h1-6,8-10H,7H2. The van der Waals surface area contributed by atoms with Gasteiger partial charge in [0.2, 0.25) is 0 Å². The van der Waals surface area contributed by atoms with Crippen molar-refractivity contribution >= 4 is 32.5 Å². The molecule has 0 saturated heterocycles. The van der Waals surface area contributed by atoms with Crippen LogP contribution in [0.5, 0.6) is 0 Å². The van der Waals surface area contributed by atoms with Crippen molar-refractivity contribution in [2.45, 2.75) is 6.42 Å². The zero-order valence-corrected chi connectivity index (χ0v) is 13.1. The van der Waals surface area contributed by atoms with Crippen LogP contribution in [0.4, 0.5) is 4.39 Å². The van der Waals surface area contributed by atoms with E-state index in [-0.39, 0.29) is 5.82 Å². The van der Waals surface area contributed by atoms with Gasteiger partial charge in [0.25, 0.3) is 0 Å². The largest absolute Gasteiger partial charge is 0.300 e. The van der Waals surface area contributed by atoms with Crippen LogP contribution < -0.4 is 0 Å². The van der Waals surface area contributed by atoms with Gasteiger partial charge in [-0.05, 0) is 45.8 Å². The number of aromatic nitrogens is 3. The highest BCUT2D eigenvalue weighted by Crippen LogP contribution is 2.21. The number of halogens is 2. The highest BCUT2D eigenvalue weighted by atomic mass is 79.9. The molecular formula is C17H11BrFN3. The molecule has 22 heavy (non-hydrogen) atoms. The van der Waals surface area contributed by atoms with E-state index in [0.717, 1.165) is 22.2 Å². The Kier molecular flexibility index (Phi) is 3.15. The van der Waals surface area contributed by atoms with Crippen molar-refractivity contribution in [2.24, 2.45) is 0 Å². The zero-order valence-electron chi connectivity index (χ0n) is 11.5. The lowest BCUT2D eigenvalue weighted by Gasteiger charge is -2.05. The van der Waals surface area contributed by atoms with Gasteiger partial charge < -0.3 is 4.40 Å². The molecule has 4 rings (SSSR count). The minimum Gasteiger partial charge on any atom is -0.300 e. The zero-order chi connectivity index (χ0) is 15.1. The lowest BCUT2D eigenvalue weighted by Crippen LogP contribution is -1.96. The normalized spacial score (nSPS) is 11.4. The molecule has 0 atom stereocenters. The van der Waals surface area contributed by atoms with E-state index in [0.29, 0.717) is 16.5 Å². The number of hydrogen-bond donors (Lipinski definition) is 0. The number of rotatable bonds is 2. The highest BCUT2D eigenvalue weighted by molar-refractivity contribution is 9.10. The average Bonchev–Trinajstić information content (AvgIpc) is 2.90. The van der Waals surface area contributed by atoms with E-state index < -0.39 is 0 Å². The smallest absolute Gasteiger partial charge is 0.173 e. The molecule has 3 heterocycles. The molecule has 1 aromatic carbocycles. The molecule has 3 aromatic heterocycles. The maximum absolute atomic E-state index is 13.9. The van der Waals surface area contributed by atoms with Crippen LogP contribution in [-0.2, 0) is 6.42 Å². The Morgan fingerprint density at radius 2 is 2.05 bits per heavy atom. The van der Waals surface area contributed by atoms with Gasteiger partial charge in [0.1, 0.15) is 0 Å². The van der Waals surface area contributed by atoms with Gasteiger partial charge in [-0.1, -0.05) is 12.1 Å². The maximum Gasteiger partial charge on any atom is 0.173 e. The summed E-state index contributed by atoms with van der Waals surface area (Å²) >= 11 is 3.32. The first-order valence-corrected chi connectivity index (χ1v) is 7.65. The van der Waals surface area contributed by atoms with Crippen LogP contribution in [0.2, 0.25) is 0 Å². The molecule has 0 aliphatic rings. The Bertz CT molecular complexity index is 994. The summed E-state index contributed by atoms with van der Waals surface area (Å²) in [6.45, 7) is 0. The third kappa shape index (κ3) is 2.27. The number of nitrogens with zero attached hydrogens (tertiary/aromatic N) is 3. The van der Waals surface area contributed by atoms with Crippen LogP contribution >= 0.6 is 15.9 Å². The van der Waals surface area contributed by atoms with E-state index in [4.69, 9.17) is 0 Å². The van der Waals surface area contributed by atoms with Gasteiger partial charge in [-0.15, -0.1) is 0 Å². The number of benzene rings is 1. The van der Waals surface area contributed by atoms with Crippen molar-refractivity contribution in [1.82, 2.24) is 14.4 Å². The van der Waals surface area contributed by atoms with E-state index >= 15 is 0 Å². The van der Waals surface area contributed by atoms with Gasteiger partial charge in [-0.25, -0.2) is 9.37 Å². The lowest BCUT2D eigenvalue weighted by atomic mass is 10.1. The first-order chi connectivity index (χ1) is 10.7.